The van der Waals surface area contributed by atoms with Crippen LogP contribution in [0.15, 0.2) is 24.3 Å². The lowest BCUT2D eigenvalue weighted by atomic mass is 10.1. The number of hydrogen-bond donors (Lipinski definition) is 3. The zero-order valence-corrected chi connectivity index (χ0v) is 12.4. The monoisotopic (exact) mass is 289 g/mol. The number of anilines is 1. The van der Waals surface area contributed by atoms with Crippen molar-refractivity contribution < 1.29 is 9.59 Å². The van der Waals surface area contributed by atoms with E-state index in [1.807, 2.05) is 31.2 Å². The SMILES string of the molecule is CCNC(=O)Cc1ccc(NC2CCCCNC2=O)cc1. The second-order valence-corrected chi connectivity index (χ2v) is 5.31. The average molecular weight is 289 g/mol. The summed E-state index contributed by atoms with van der Waals surface area (Å²) in [6.07, 6.45) is 3.33. The van der Waals surface area contributed by atoms with Crippen LogP contribution in [0.5, 0.6) is 0 Å². The standard InChI is InChI=1S/C16H23N3O2/c1-2-17-15(20)11-12-6-8-13(9-7-12)19-14-5-3-4-10-18-16(14)21/h6-9,14,19H,2-5,10-11H2,1H3,(H,17,20)(H,18,21). The van der Waals surface area contributed by atoms with Crippen LogP contribution < -0.4 is 16.0 Å². The van der Waals surface area contributed by atoms with E-state index < -0.39 is 0 Å². The van der Waals surface area contributed by atoms with Crippen LogP contribution in [0.2, 0.25) is 0 Å². The van der Waals surface area contributed by atoms with Gasteiger partial charge in [-0.2, -0.15) is 0 Å². The van der Waals surface area contributed by atoms with Crippen LogP contribution in [-0.2, 0) is 16.0 Å². The lowest BCUT2D eigenvalue weighted by Crippen LogP contribution is -2.37. The molecule has 1 atom stereocenters. The van der Waals surface area contributed by atoms with Gasteiger partial charge in [-0.05, 0) is 43.9 Å². The van der Waals surface area contributed by atoms with E-state index in [2.05, 4.69) is 16.0 Å². The largest absolute Gasteiger partial charge is 0.374 e. The summed E-state index contributed by atoms with van der Waals surface area (Å²) >= 11 is 0. The molecule has 5 heteroatoms. The number of carbonyl (C=O) groups excluding carboxylic acids is 2. The van der Waals surface area contributed by atoms with Crippen molar-refractivity contribution in [1.29, 1.82) is 0 Å². The number of benzene rings is 1. The minimum Gasteiger partial charge on any atom is -0.374 e. The van der Waals surface area contributed by atoms with Crippen molar-refractivity contribution in [2.24, 2.45) is 0 Å². The predicted octanol–water partition coefficient (Wildman–Crippen LogP) is 1.45. The molecule has 5 nitrogen and oxygen atoms in total. The van der Waals surface area contributed by atoms with Gasteiger partial charge in [0.1, 0.15) is 6.04 Å². The van der Waals surface area contributed by atoms with Crippen LogP contribution in [0.1, 0.15) is 31.7 Å². The van der Waals surface area contributed by atoms with E-state index in [0.29, 0.717) is 13.0 Å². The summed E-state index contributed by atoms with van der Waals surface area (Å²) in [5, 5.41) is 8.96. The smallest absolute Gasteiger partial charge is 0.242 e. The molecule has 0 bridgehead atoms. The molecule has 1 aliphatic heterocycles. The first-order valence-electron chi connectivity index (χ1n) is 7.59. The molecule has 1 fully saturated rings. The zero-order chi connectivity index (χ0) is 15.1. The Morgan fingerprint density at radius 2 is 2.05 bits per heavy atom. The van der Waals surface area contributed by atoms with Gasteiger partial charge in [0.15, 0.2) is 0 Å². The molecule has 0 aromatic heterocycles. The third-order valence-corrected chi connectivity index (χ3v) is 3.57. The van der Waals surface area contributed by atoms with Crippen molar-refractivity contribution in [2.75, 3.05) is 18.4 Å². The Balaban J connectivity index is 1.92. The van der Waals surface area contributed by atoms with E-state index in [4.69, 9.17) is 0 Å². The Morgan fingerprint density at radius 1 is 1.29 bits per heavy atom. The highest BCUT2D eigenvalue weighted by atomic mass is 16.2. The van der Waals surface area contributed by atoms with Gasteiger partial charge < -0.3 is 16.0 Å². The molecule has 0 radical (unpaired) electrons. The number of carbonyl (C=O) groups is 2. The summed E-state index contributed by atoms with van der Waals surface area (Å²) in [4.78, 5) is 23.4. The number of likely N-dealkylation sites (N-methyl/N-ethyl adjacent to an activating group) is 1. The Bertz CT molecular complexity index is 485. The third-order valence-electron chi connectivity index (χ3n) is 3.57. The number of nitrogens with one attached hydrogen (secondary N) is 3. The summed E-state index contributed by atoms with van der Waals surface area (Å²) < 4.78 is 0. The Morgan fingerprint density at radius 3 is 2.76 bits per heavy atom. The molecule has 114 valence electrons. The van der Waals surface area contributed by atoms with Crippen molar-refractivity contribution >= 4 is 17.5 Å². The van der Waals surface area contributed by atoms with Crippen LogP contribution in [0.25, 0.3) is 0 Å². The second-order valence-electron chi connectivity index (χ2n) is 5.31. The maximum atomic E-state index is 11.9. The van der Waals surface area contributed by atoms with Crippen LogP contribution in [-0.4, -0.2) is 30.9 Å². The molecular weight excluding hydrogens is 266 g/mol. The number of amides is 2. The number of rotatable bonds is 5. The summed E-state index contributed by atoms with van der Waals surface area (Å²) in [5.41, 5.74) is 1.88. The molecule has 0 spiro atoms. The second kappa shape index (κ2) is 7.67. The van der Waals surface area contributed by atoms with Crippen molar-refractivity contribution in [3.8, 4) is 0 Å². The van der Waals surface area contributed by atoms with Gasteiger partial charge >= 0.3 is 0 Å². The van der Waals surface area contributed by atoms with Crippen molar-refractivity contribution in [3.63, 3.8) is 0 Å². The molecular formula is C16H23N3O2. The molecule has 1 aromatic rings. The fourth-order valence-corrected chi connectivity index (χ4v) is 2.44. The Labute approximate surface area is 125 Å². The van der Waals surface area contributed by atoms with E-state index in [0.717, 1.165) is 37.1 Å². The van der Waals surface area contributed by atoms with Crippen molar-refractivity contribution in [3.05, 3.63) is 29.8 Å². The molecule has 1 aliphatic rings. The van der Waals surface area contributed by atoms with Crippen LogP contribution in [0.3, 0.4) is 0 Å². The minimum absolute atomic E-state index is 0.0290. The number of hydrogen-bond acceptors (Lipinski definition) is 3. The van der Waals surface area contributed by atoms with Crippen LogP contribution in [0, 0.1) is 0 Å². The van der Waals surface area contributed by atoms with Gasteiger partial charge in [0, 0.05) is 18.8 Å². The highest BCUT2D eigenvalue weighted by Gasteiger charge is 2.19. The average Bonchev–Trinajstić information content (AvgIpc) is 2.66. The first-order valence-corrected chi connectivity index (χ1v) is 7.59. The summed E-state index contributed by atoms with van der Waals surface area (Å²) in [6, 6.07) is 7.53. The first-order chi connectivity index (χ1) is 10.2. The topological polar surface area (TPSA) is 70.2 Å². The molecule has 1 unspecified atom stereocenters. The predicted molar refractivity (Wildman–Crippen MR) is 83.1 cm³/mol. The lowest BCUT2D eigenvalue weighted by Gasteiger charge is -2.16. The van der Waals surface area contributed by atoms with E-state index >= 15 is 0 Å². The van der Waals surface area contributed by atoms with E-state index in [-0.39, 0.29) is 17.9 Å². The van der Waals surface area contributed by atoms with E-state index in [1.54, 1.807) is 0 Å². The molecule has 21 heavy (non-hydrogen) atoms. The van der Waals surface area contributed by atoms with Gasteiger partial charge in [-0.25, -0.2) is 0 Å². The van der Waals surface area contributed by atoms with Gasteiger partial charge in [-0.3, -0.25) is 9.59 Å². The van der Waals surface area contributed by atoms with Gasteiger partial charge in [0.05, 0.1) is 6.42 Å². The summed E-state index contributed by atoms with van der Waals surface area (Å²) in [6.45, 7) is 3.32. The molecule has 2 rings (SSSR count). The summed E-state index contributed by atoms with van der Waals surface area (Å²) in [7, 11) is 0. The molecule has 0 aliphatic carbocycles. The normalized spacial score (nSPS) is 18.5. The van der Waals surface area contributed by atoms with Crippen LogP contribution in [0.4, 0.5) is 5.69 Å². The molecule has 0 saturated carbocycles. The fraction of sp³-hybridized carbons (Fsp3) is 0.500. The minimum atomic E-state index is -0.165. The van der Waals surface area contributed by atoms with Crippen molar-refractivity contribution in [2.45, 2.75) is 38.6 Å². The Hall–Kier alpha value is -2.04. The first kappa shape index (κ1) is 15.4. The quantitative estimate of drug-likeness (QED) is 0.768. The molecule has 1 saturated heterocycles. The maximum Gasteiger partial charge on any atom is 0.242 e. The molecule has 3 N–H and O–H groups in total. The van der Waals surface area contributed by atoms with E-state index in [1.165, 1.54) is 0 Å². The molecule has 1 heterocycles. The van der Waals surface area contributed by atoms with Crippen molar-refractivity contribution in [1.82, 2.24) is 10.6 Å². The fourth-order valence-electron chi connectivity index (χ4n) is 2.44. The lowest BCUT2D eigenvalue weighted by molar-refractivity contribution is -0.121. The van der Waals surface area contributed by atoms with Gasteiger partial charge in [0.25, 0.3) is 0 Å². The van der Waals surface area contributed by atoms with Gasteiger partial charge in [0.2, 0.25) is 11.8 Å². The molecule has 2 amide bonds. The van der Waals surface area contributed by atoms with Gasteiger partial charge in [-0.15, -0.1) is 0 Å². The third kappa shape index (κ3) is 4.77. The highest BCUT2D eigenvalue weighted by Crippen LogP contribution is 2.15. The molecule has 1 aromatic carbocycles. The Kier molecular flexibility index (Phi) is 5.60. The zero-order valence-electron chi connectivity index (χ0n) is 12.4. The van der Waals surface area contributed by atoms with E-state index in [9.17, 15) is 9.59 Å². The summed E-state index contributed by atoms with van der Waals surface area (Å²) in [5.74, 6) is 0.0975. The highest BCUT2D eigenvalue weighted by molar-refractivity contribution is 5.84. The maximum absolute atomic E-state index is 11.9. The van der Waals surface area contributed by atoms with Crippen LogP contribution >= 0.6 is 0 Å². The van der Waals surface area contributed by atoms with Gasteiger partial charge in [-0.1, -0.05) is 12.1 Å².